The predicted molar refractivity (Wildman–Crippen MR) is 70.9 cm³/mol. The van der Waals surface area contributed by atoms with Crippen LogP contribution < -0.4 is 10.5 Å². The highest BCUT2D eigenvalue weighted by atomic mass is 16.5. The van der Waals surface area contributed by atoms with Crippen molar-refractivity contribution in [2.75, 3.05) is 13.2 Å². The van der Waals surface area contributed by atoms with E-state index in [1.54, 1.807) is 18.2 Å². The average Bonchev–Trinajstić information content (AvgIpc) is 2.33. The van der Waals surface area contributed by atoms with E-state index in [2.05, 4.69) is 0 Å². The summed E-state index contributed by atoms with van der Waals surface area (Å²) in [4.78, 5) is 22.4. The molecule has 0 aromatic heterocycles. The fourth-order valence-corrected chi connectivity index (χ4v) is 1.23. The summed E-state index contributed by atoms with van der Waals surface area (Å²) in [7, 11) is 0. The van der Waals surface area contributed by atoms with E-state index in [1.807, 2.05) is 20.8 Å². The van der Waals surface area contributed by atoms with Gasteiger partial charge in [-0.3, -0.25) is 4.79 Å². The maximum absolute atomic E-state index is 11.8. The quantitative estimate of drug-likeness (QED) is 0.823. The highest BCUT2D eigenvalue weighted by Crippen LogP contribution is 2.17. The van der Waals surface area contributed by atoms with Gasteiger partial charge in [0, 0.05) is 0 Å². The van der Waals surface area contributed by atoms with Crippen LogP contribution in [0.5, 0.6) is 5.75 Å². The number of esters is 1. The molecule has 0 spiro atoms. The van der Waals surface area contributed by atoms with Crippen LogP contribution in [-0.2, 0) is 9.53 Å². The number of ether oxygens (including phenoxy) is 2. The van der Waals surface area contributed by atoms with E-state index in [1.165, 1.54) is 6.07 Å². The van der Waals surface area contributed by atoms with Gasteiger partial charge in [0.2, 0.25) is 0 Å². The molecule has 0 bridgehead atoms. The molecule has 1 rings (SSSR count). The van der Waals surface area contributed by atoms with Crippen LogP contribution in [0.3, 0.4) is 0 Å². The van der Waals surface area contributed by atoms with Crippen molar-refractivity contribution in [3.8, 4) is 5.75 Å². The molecule has 0 heterocycles. The number of hydrogen-bond donors (Lipinski definition) is 1. The molecule has 0 saturated carbocycles. The summed E-state index contributed by atoms with van der Waals surface area (Å²) in [5.41, 5.74) is 5.27. The number of amides is 1. The molecule has 0 aliphatic heterocycles. The van der Waals surface area contributed by atoms with Crippen LogP contribution in [0, 0.1) is 5.41 Å². The third kappa shape index (κ3) is 5.90. The van der Waals surface area contributed by atoms with Gasteiger partial charge in [0.25, 0.3) is 5.91 Å². The minimum absolute atomic E-state index is 0.0876. The van der Waals surface area contributed by atoms with Crippen molar-refractivity contribution in [3.63, 3.8) is 0 Å². The second-order valence-electron chi connectivity index (χ2n) is 5.42. The highest BCUT2D eigenvalue weighted by molar-refractivity contribution is 5.89. The standard InChI is InChI=1S/C14H19NO4/c1-14(2,3)9-19-13(17)10-5-4-6-11(7-10)18-8-12(15)16/h4-7H,8-9H2,1-3H3,(H2,15,16). The van der Waals surface area contributed by atoms with E-state index >= 15 is 0 Å². The van der Waals surface area contributed by atoms with Gasteiger partial charge < -0.3 is 15.2 Å². The van der Waals surface area contributed by atoms with E-state index in [0.29, 0.717) is 17.9 Å². The molecule has 0 aliphatic carbocycles. The monoisotopic (exact) mass is 265 g/mol. The lowest BCUT2D eigenvalue weighted by Gasteiger charge is -2.17. The summed E-state index contributed by atoms with van der Waals surface area (Å²) in [6.45, 7) is 6.05. The Labute approximate surface area is 112 Å². The molecule has 0 aliphatic rings. The minimum Gasteiger partial charge on any atom is -0.484 e. The fourth-order valence-electron chi connectivity index (χ4n) is 1.23. The summed E-state index contributed by atoms with van der Waals surface area (Å²) < 4.78 is 10.3. The molecule has 5 heteroatoms. The van der Waals surface area contributed by atoms with Crippen molar-refractivity contribution in [2.24, 2.45) is 11.1 Å². The Bertz CT molecular complexity index is 463. The SMILES string of the molecule is CC(C)(C)COC(=O)c1cccc(OCC(N)=O)c1. The average molecular weight is 265 g/mol. The lowest BCUT2D eigenvalue weighted by Crippen LogP contribution is -2.20. The largest absolute Gasteiger partial charge is 0.484 e. The van der Waals surface area contributed by atoms with Crippen LogP contribution in [-0.4, -0.2) is 25.1 Å². The molecule has 0 saturated heterocycles. The molecule has 0 unspecified atom stereocenters. The van der Waals surface area contributed by atoms with Crippen LogP contribution in [0.4, 0.5) is 0 Å². The number of nitrogens with two attached hydrogens (primary N) is 1. The van der Waals surface area contributed by atoms with Crippen molar-refractivity contribution < 1.29 is 19.1 Å². The van der Waals surface area contributed by atoms with Crippen LogP contribution in [0.1, 0.15) is 31.1 Å². The molecule has 104 valence electrons. The second-order valence-corrected chi connectivity index (χ2v) is 5.42. The summed E-state index contributed by atoms with van der Waals surface area (Å²) in [5, 5.41) is 0. The smallest absolute Gasteiger partial charge is 0.338 e. The fraction of sp³-hybridized carbons (Fsp3) is 0.429. The van der Waals surface area contributed by atoms with Gasteiger partial charge in [-0.25, -0.2) is 4.79 Å². The maximum Gasteiger partial charge on any atom is 0.338 e. The van der Waals surface area contributed by atoms with Crippen molar-refractivity contribution in [3.05, 3.63) is 29.8 Å². The molecule has 2 N–H and O–H groups in total. The molecule has 5 nitrogen and oxygen atoms in total. The number of rotatable bonds is 5. The Hall–Kier alpha value is -2.04. The summed E-state index contributed by atoms with van der Waals surface area (Å²) >= 11 is 0. The van der Waals surface area contributed by atoms with Crippen LogP contribution in [0.15, 0.2) is 24.3 Å². The van der Waals surface area contributed by atoms with Gasteiger partial charge in [0.05, 0.1) is 12.2 Å². The number of benzene rings is 1. The lowest BCUT2D eigenvalue weighted by molar-refractivity contribution is -0.119. The number of hydrogen-bond acceptors (Lipinski definition) is 4. The summed E-state index contributed by atoms with van der Waals surface area (Å²) in [6.07, 6.45) is 0. The van der Waals surface area contributed by atoms with Gasteiger partial charge in [-0.15, -0.1) is 0 Å². The third-order valence-corrected chi connectivity index (χ3v) is 2.09. The van der Waals surface area contributed by atoms with E-state index in [4.69, 9.17) is 15.2 Å². The molecule has 0 atom stereocenters. The third-order valence-electron chi connectivity index (χ3n) is 2.09. The van der Waals surface area contributed by atoms with Crippen molar-refractivity contribution in [2.45, 2.75) is 20.8 Å². The van der Waals surface area contributed by atoms with Gasteiger partial charge >= 0.3 is 5.97 Å². The predicted octanol–water partition coefficient (Wildman–Crippen LogP) is 1.75. The van der Waals surface area contributed by atoms with Gasteiger partial charge in [0.1, 0.15) is 5.75 Å². The van der Waals surface area contributed by atoms with E-state index in [9.17, 15) is 9.59 Å². The zero-order valence-electron chi connectivity index (χ0n) is 11.4. The molecule has 0 fully saturated rings. The topological polar surface area (TPSA) is 78.6 Å². The maximum atomic E-state index is 11.8. The molecular weight excluding hydrogens is 246 g/mol. The van der Waals surface area contributed by atoms with Gasteiger partial charge in [0.15, 0.2) is 6.61 Å². The number of carbonyl (C=O) groups excluding carboxylic acids is 2. The normalized spacial score (nSPS) is 10.9. The Balaban J connectivity index is 2.65. The van der Waals surface area contributed by atoms with Crippen molar-refractivity contribution in [1.29, 1.82) is 0 Å². The highest BCUT2D eigenvalue weighted by Gasteiger charge is 2.15. The minimum atomic E-state index is -0.569. The van der Waals surface area contributed by atoms with E-state index in [-0.39, 0.29) is 12.0 Å². The molecule has 1 aromatic carbocycles. The molecule has 1 amide bonds. The Morgan fingerprint density at radius 1 is 1.26 bits per heavy atom. The Morgan fingerprint density at radius 2 is 1.95 bits per heavy atom. The summed E-state index contributed by atoms with van der Waals surface area (Å²) in [5.74, 6) is -0.579. The Kier molecular flexibility index (Phi) is 4.92. The Morgan fingerprint density at radius 3 is 2.53 bits per heavy atom. The van der Waals surface area contributed by atoms with E-state index in [0.717, 1.165) is 0 Å². The molecule has 0 radical (unpaired) electrons. The number of primary amides is 1. The lowest BCUT2D eigenvalue weighted by atomic mass is 9.99. The van der Waals surface area contributed by atoms with Crippen LogP contribution in [0.2, 0.25) is 0 Å². The first-order chi connectivity index (χ1) is 8.78. The van der Waals surface area contributed by atoms with Gasteiger partial charge in [-0.1, -0.05) is 26.8 Å². The zero-order valence-corrected chi connectivity index (χ0v) is 11.4. The van der Waals surface area contributed by atoms with Crippen molar-refractivity contribution in [1.82, 2.24) is 0 Å². The molecule has 19 heavy (non-hydrogen) atoms. The van der Waals surface area contributed by atoms with Crippen molar-refractivity contribution >= 4 is 11.9 Å². The first-order valence-electron chi connectivity index (χ1n) is 5.96. The molecule has 1 aromatic rings. The van der Waals surface area contributed by atoms with Gasteiger partial charge in [-0.2, -0.15) is 0 Å². The van der Waals surface area contributed by atoms with Gasteiger partial charge in [-0.05, 0) is 23.6 Å². The van der Waals surface area contributed by atoms with Crippen LogP contribution >= 0.6 is 0 Å². The molecular formula is C14H19NO4. The van der Waals surface area contributed by atoms with E-state index < -0.39 is 11.9 Å². The summed E-state index contributed by atoms with van der Waals surface area (Å²) in [6, 6.07) is 6.45. The first kappa shape index (κ1) is 15.0. The van der Waals surface area contributed by atoms with Crippen LogP contribution in [0.25, 0.3) is 0 Å². The first-order valence-corrected chi connectivity index (χ1v) is 5.96. The second kappa shape index (κ2) is 6.22. The number of carbonyl (C=O) groups is 2. The zero-order chi connectivity index (χ0) is 14.5.